The molecule has 1 saturated heterocycles. The van der Waals surface area contributed by atoms with Gasteiger partial charge in [0.15, 0.2) is 0 Å². The maximum absolute atomic E-state index is 11.7. The van der Waals surface area contributed by atoms with E-state index < -0.39 is 11.5 Å². The van der Waals surface area contributed by atoms with E-state index in [2.05, 4.69) is 23.6 Å². The first-order valence-electron chi connectivity index (χ1n) is 8.37. The number of esters is 1. The maximum Gasteiger partial charge on any atom is 0.330 e. The highest BCUT2D eigenvalue weighted by molar-refractivity contribution is 7.99. The number of ether oxygens (including phenoxy) is 2. The van der Waals surface area contributed by atoms with Gasteiger partial charge in [0.1, 0.15) is 12.9 Å². The van der Waals surface area contributed by atoms with Crippen LogP contribution in [0.2, 0.25) is 0 Å². The number of aldehydes is 1. The van der Waals surface area contributed by atoms with Crippen LogP contribution in [0.3, 0.4) is 0 Å². The van der Waals surface area contributed by atoms with Crippen molar-refractivity contribution < 1.29 is 19.1 Å². The summed E-state index contributed by atoms with van der Waals surface area (Å²) in [5, 5.41) is 0. The Morgan fingerprint density at radius 1 is 1.36 bits per heavy atom. The van der Waals surface area contributed by atoms with Gasteiger partial charge in [-0.1, -0.05) is 18.7 Å². The van der Waals surface area contributed by atoms with Crippen LogP contribution in [-0.4, -0.2) is 61.4 Å². The SMILES string of the molecule is C=CC(=O)OCCSc1ccc(CC(C)(C=O)N2CCOCC2)cc1. The predicted octanol–water partition coefficient (Wildman–Crippen LogP) is 2.34. The normalized spacial score (nSPS) is 17.5. The zero-order chi connectivity index (χ0) is 18.1. The van der Waals surface area contributed by atoms with E-state index in [0.717, 1.165) is 35.9 Å². The molecule has 0 N–H and O–H groups in total. The molecule has 1 aromatic rings. The van der Waals surface area contributed by atoms with Crippen molar-refractivity contribution in [1.29, 1.82) is 0 Å². The van der Waals surface area contributed by atoms with Gasteiger partial charge >= 0.3 is 5.97 Å². The molecule has 6 heteroatoms. The quantitative estimate of drug-likeness (QED) is 0.221. The van der Waals surface area contributed by atoms with Crippen molar-refractivity contribution in [1.82, 2.24) is 4.90 Å². The van der Waals surface area contributed by atoms with Crippen molar-refractivity contribution in [3.05, 3.63) is 42.5 Å². The Labute approximate surface area is 153 Å². The third-order valence-corrected chi connectivity index (χ3v) is 5.21. The smallest absolute Gasteiger partial charge is 0.330 e. The molecule has 5 nitrogen and oxygen atoms in total. The van der Waals surface area contributed by atoms with Crippen LogP contribution in [0.1, 0.15) is 12.5 Å². The molecule has 0 amide bonds. The molecule has 0 bridgehead atoms. The standard InChI is InChI=1S/C19H25NO4S/c1-3-18(22)24-12-13-25-17-6-4-16(5-7-17)14-19(2,15-21)20-8-10-23-11-9-20/h3-7,15H,1,8-14H2,2H3. The van der Waals surface area contributed by atoms with Crippen LogP contribution >= 0.6 is 11.8 Å². The lowest BCUT2D eigenvalue weighted by atomic mass is 9.92. The molecule has 1 heterocycles. The molecule has 0 aliphatic carbocycles. The van der Waals surface area contributed by atoms with E-state index in [0.29, 0.717) is 32.0 Å². The van der Waals surface area contributed by atoms with Gasteiger partial charge in [0, 0.05) is 29.8 Å². The van der Waals surface area contributed by atoms with E-state index in [9.17, 15) is 9.59 Å². The summed E-state index contributed by atoms with van der Waals surface area (Å²) in [5.74, 6) is 0.297. The van der Waals surface area contributed by atoms with Crippen LogP contribution in [0.5, 0.6) is 0 Å². The number of carbonyl (C=O) groups is 2. The van der Waals surface area contributed by atoms with Crippen molar-refractivity contribution in [2.75, 3.05) is 38.7 Å². The molecule has 1 unspecified atom stereocenters. The third kappa shape index (κ3) is 5.99. The Hall–Kier alpha value is -1.63. The maximum atomic E-state index is 11.7. The van der Waals surface area contributed by atoms with E-state index in [1.54, 1.807) is 11.8 Å². The molecule has 25 heavy (non-hydrogen) atoms. The molecule has 1 aliphatic heterocycles. The first kappa shape index (κ1) is 19.7. The first-order valence-corrected chi connectivity index (χ1v) is 9.36. The number of benzene rings is 1. The van der Waals surface area contributed by atoms with E-state index in [1.807, 2.05) is 19.1 Å². The van der Waals surface area contributed by atoms with E-state index >= 15 is 0 Å². The minimum atomic E-state index is -0.503. The number of carbonyl (C=O) groups excluding carboxylic acids is 2. The van der Waals surface area contributed by atoms with E-state index in [-0.39, 0.29) is 0 Å². The number of morpholine rings is 1. The zero-order valence-corrected chi connectivity index (χ0v) is 15.4. The van der Waals surface area contributed by atoms with Gasteiger partial charge < -0.3 is 14.3 Å². The fourth-order valence-corrected chi connectivity index (χ4v) is 3.51. The number of thioether (sulfide) groups is 1. The van der Waals surface area contributed by atoms with Crippen LogP contribution < -0.4 is 0 Å². The van der Waals surface area contributed by atoms with E-state index in [1.165, 1.54) is 0 Å². The highest BCUT2D eigenvalue weighted by Gasteiger charge is 2.32. The molecule has 136 valence electrons. The Morgan fingerprint density at radius 2 is 2.04 bits per heavy atom. The average Bonchev–Trinajstić information content (AvgIpc) is 2.66. The summed E-state index contributed by atoms with van der Waals surface area (Å²) >= 11 is 1.63. The van der Waals surface area contributed by atoms with Crippen LogP contribution in [0.4, 0.5) is 0 Å². The van der Waals surface area contributed by atoms with Gasteiger partial charge in [-0.3, -0.25) is 4.90 Å². The fourth-order valence-electron chi connectivity index (χ4n) is 2.78. The molecule has 1 aliphatic rings. The van der Waals surface area contributed by atoms with Gasteiger partial charge in [-0.2, -0.15) is 0 Å². The van der Waals surface area contributed by atoms with Crippen LogP contribution in [-0.2, 0) is 25.5 Å². The fraction of sp³-hybridized carbons (Fsp3) is 0.474. The van der Waals surface area contributed by atoms with Crippen LogP contribution in [0.15, 0.2) is 41.8 Å². The topological polar surface area (TPSA) is 55.8 Å². The molecule has 2 rings (SSSR count). The molecular formula is C19H25NO4S. The summed E-state index contributed by atoms with van der Waals surface area (Å²) in [6.45, 7) is 8.63. The molecule has 0 radical (unpaired) electrons. The van der Waals surface area contributed by atoms with Gasteiger partial charge in [0.05, 0.1) is 18.8 Å². The summed E-state index contributed by atoms with van der Waals surface area (Å²) in [5.41, 5.74) is 0.626. The lowest BCUT2D eigenvalue weighted by molar-refractivity contribution is -0.137. The van der Waals surface area contributed by atoms with Crippen molar-refractivity contribution in [3.63, 3.8) is 0 Å². The second-order valence-corrected chi connectivity index (χ2v) is 7.28. The number of rotatable bonds is 9. The van der Waals surface area contributed by atoms with Crippen LogP contribution in [0, 0.1) is 0 Å². The Bertz CT molecular complexity index is 584. The zero-order valence-electron chi connectivity index (χ0n) is 14.6. The summed E-state index contributed by atoms with van der Waals surface area (Å²) in [6.07, 6.45) is 2.89. The first-order chi connectivity index (χ1) is 12.1. The van der Waals surface area contributed by atoms with Gasteiger partial charge in [0.25, 0.3) is 0 Å². The Balaban J connectivity index is 1.87. The van der Waals surface area contributed by atoms with Crippen molar-refractivity contribution in [3.8, 4) is 0 Å². The van der Waals surface area contributed by atoms with Crippen molar-refractivity contribution in [2.45, 2.75) is 23.8 Å². The highest BCUT2D eigenvalue weighted by atomic mass is 32.2. The molecule has 1 aromatic carbocycles. The monoisotopic (exact) mass is 363 g/mol. The third-order valence-electron chi connectivity index (χ3n) is 4.24. The molecule has 0 aromatic heterocycles. The van der Waals surface area contributed by atoms with Gasteiger partial charge in [0.2, 0.25) is 0 Å². The molecule has 1 fully saturated rings. The number of nitrogens with zero attached hydrogens (tertiary/aromatic N) is 1. The average molecular weight is 363 g/mol. The summed E-state index contributed by atoms with van der Waals surface area (Å²) < 4.78 is 10.3. The van der Waals surface area contributed by atoms with Gasteiger partial charge in [-0.25, -0.2) is 4.79 Å². The molecule has 0 saturated carbocycles. The predicted molar refractivity (Wildman–Crippen MR) is 98.9 cm³/mol. The Morgan fingerprint density at radius 3 is 2.64 bits per heavy atom. The molecule has 1 atom stereocenters. The second-order valence-electron chi connectivity index (χ2n) is 6.12. The number of hydrogen-bond donors (Lipinski definition) is 0. The van der Waals surface area contributed by atoms with Crippen molar-refractivity contribution >= 4 is 24.0 Å². The summed E-state index contributed by atoms with van der Waals surface area (Å²) in [6, 6.07) is 8.19. The summed E-state index contributed by atoms with van der Waals surface area (Å²) in [4.78, 5) is 26.0. The largest absolute Gasteiger partial charge is 0.462 e. The minimum Gasteiger partial charge on any atom is -0.462 e. The lowest BCUT2D eigenvalue weighted by Crippen LogP contribution is -2.54. The van der Waals surface area contributed by atoms with E-state index in [4.69, 9.17) is 9.47 Å². The lowest BCUT2D eigenvalue weighted by Gasteiger charge is -2.39. The highest BCUT2D eigenvalue weighted by Crippen LogP contribution is 2.23. The summed E-state index contributed by atoms with van der Waals surface area (Å²) in [7, 11) is 0. The molecular weight excluding hydrogens is 338 g/mol. The Kier molecular flexibility index (Phi) is 7.68. The van der Waals surface area contributed by atoms with Gasteiger partial charge in [-0.15, -0.1) is 11.8 Å². The van der Waals surface area contributed by atoms with Crippen molar-refractivity contribution in [2.24, 2.45) is 0 Å². The second kappa shape index (κ2) is 9.75. The number of hydrogen-bond acceptors (Lipinski definition) is 6. The molecule has 0 spiro atoms. The van der Waals surface area contributed by atoms with Crippen LogP contribution in [0.25, 0.3) is 0 Å². The minimum absolute atomic E-state index is 0.359. The van der Waals surface area contributed by atoms with Gasteiger partial charge in [-0.05, 0) is 31.0 Å².